The van der Waals surface area contributed by atoms with E-state index in [0.717, 1.165) is 43.1 Å². The third-order valence-corrected chi connectivity index (χ3v) is 5.97. The minimum Gasteiger partial charge on any atom is -0.497 e. The molecule has 5 rings (SSSR count). The van der Waals surface area contributed by atoms with Gasteiger partial charge < -0.3 is 20.3 Å². The zero-order chi connectivity index (χ0) is 22.8. The molecule has 8 nitrogen and oxygen atoms in total. The zero-order valence-corrected chi connectivity index (χ0v) is 18.4. The molecule has 2 aliphatic heterocycles. The highest BCUT2D eigenvalue weighted by Crippen LogP contribution is 2.30. The molecule has 2 aliphatic rings. The second kappa shape index (κ2) is 8.91. The summed E-state index contributed by atoms with van der Waals surface area (Å²) in [4.78, 5) is 34.4. The van der Waals surface area contributed by atoms with Crippen LogP contribution in [0.3, 0.4) is 0 Å². The van der Waals surface area contributed by atoms with E-state index in [0.29, 0.717) is 23.7 Å². The predicted molar refractivity (Wildman–Crippen MR) is 127 cm³/mol. The first kappa shape index (κ1) is 21.0. The number of rotatable bonds is 5. The van der Waals surface area contributed by atoms with Crippen LogP contribution in [0.5, 0.6) is 5.75 Å². The summed E-state index contributed by atoms with van der Waals surface area (Å²) in [6, 6.07) is 18.4. The number of ether oxygens (including phenoxy) is 1. The highest BCUT2D eigenvalue weighted by atomic mass is 16.5. The van der Waals surface area contributed by atoms with Crippen LogP contribution in [0.1, 0.15) is 26.4 Å². The Morgan fingerprint density at radius 3 is 2.70 bits per heavy atom. The quantitative estimate of drug-likeness (QED) is 0.631. The lowest BCUT2D eigenvalue weighted by Gasteiger charge is -2.31. The number of anilines is 3. The number of amides is 2. The summed E-state index contributed by atoms with van der Waals surface area (Å²) in [6.45, 7) is 3.97. The number of nitrogens with zero attached hydrogens (tertiary/aromatic N) is 3. The zero-order valence-electron chi connectivity index (χ0n) is 18.4. The first-order chi connectivity index (χ1) is 16.1. The number of para-hydroxylation sites is 2. The fourth-order valence-electron chi connectivity index (χ4n) is 4.24. The smallest absolute Gasteiger partial charge is 0.274 e. The first-order valence-electron chi connectivity index (χ1n) is 11.0. The number of benzene rings is 2. The molecule has 168 valence electrons. The third kappa shape index (κ3) is 4.12. The van der Waals surface area contributed by atoms with E-state index in [1.807, 2.05) is 36.4 Å². The van der Waals surface area contributed by atoms with Gasteiger partial charge in [-0.05, 0) is 42.0 Å². The minimum atomic E-state index is -0.315. The molecular weight excluding hydrogens is 418 g/mol. The van der Waals surface area contributed by atoms with Gasteiger partial charge in [-0.15, -0.1) is 0 Å². The normalized spacial score (nSPS) is 15.4. The number of hydrogen-bond acceptors (Lipinski definition) is 6. The molecule has 0 spiro atoms. The van der Waals surface area contributed by atoms with Crippen molar-refractivity contribution in [2.45, 2.75) is 6.54 Å². The van der Waals surface area contributed by atoms with Gasteiger partial charge in [0.2, 0.25) is 0 Å². The van der Waals surface area contributed by atoms with Crippen molar-refractivity contribution in [3.05, 3.63) is 77.5 Å². The molecule has 0 saturated carbocycles. The molecular formula is C25H25N5O3. The van der Waals surface area contributed by atoms with Gasteiger partial charge in [0.05, 0.1) is 25.0 Å². The molecule has 1 aromatic heterocycles. The van der Waals surface area contributed by atoms with Gasteiger partial charge in [-0.3, -0.25) is 14.5 Å². The standard InChI is InChI=1S/C25H25N5O3/c1-33-18-10-9-17-16-30(25(32)19(17)15-18)23-8-4-6-21(27-23)24(31)28-20-5-2-3-7-22(20)29-13-11-26-12-14-29/h2-10,15,26H,11-14,16H2,1H3,(H,28,31). The first-order valence-corrected chi connectivity index (χ1v) is 11.0. The molecule has 2 aromatic carbocycles. The van der Waals surface area contributed by atoms with Crippen LogP contribution in [0, 0.1) is 0 Å². The molecule has 8 heteroatoms. The Labute approximate surface area is 192 Å². The number of fused-ring (bicyclic) bond motifs is 1. The van der Waals surface area contributed by atoms with Crippen LogP contribution < -0.4 is 25.2 Å². The lowest BCUT2D eigenvalue weighted by Crippen LogP contribution is -2.43. The fraction of sp³-hybridized carbons (Fsp3) is 0.240. The van der Waals surface area contributed by atoms with E-state index < -0.39 is 0 Å². The van der Waals surface area contributed by atoms with E-state index >= 15 is 0 Å². The van der Waals surface area contributed by atoms with Crippen LogP contribution in [0.25, 0.3) is 0 Å². The SMILES string of the molecule is COc1ccc2c(c1)C(=O)N(c1cccc(C(=O)Nc3ccccc3N3CCNCC3)n1)C2. The summed E-state index contributed by atoms with van der Waals surface area (Å²) in [7, 11) is 1.57. The predicted octanol–water partition coefficient (Wildman–Crippen LogP) is 2.91. The maximum Gasteiger partial charge on any atom is 0.274 e. The van der Waals surface area contributed by atoms with Crippen LogP contribution in [-0.4, -0.2) is 50.1 Å². The van der Waals surface area contributed by atoms with E-state index in [4.69, 9.17) is 4.74 Å². The van der Waals surface area contributed by atoms with E-state index in [1.165, 1.54) is 0 Å². The maximum absolute atomic E-state index is 13.1. The largest absolute Gasteiger partial charge is 0.497 e. The molecule has 3 heterocycles. The summed E-state index contributed by atoms with van der Waals surface area (Å²) in [5.74, 6) is 0.606. The van der Waals surface area contributed by atoms with E-state index in [1.54, 1.807) is 36.3 Å². The van der Waals surface area contributed by atoms with Crippen molar-refractivity contribution >= 4 is 29.0 Å². The highest BCUT2D eigenvalue weighted by Gasteiger charge is 2.30. The van der Waals surface area contributed by atoms with Crippen molar-refractivity contribution in [1.29, 1.82) is 0 Å². The summed E-state index contributed by atoms with van der Waals surface area (Å²) >= 11 is 0. The van der Waals surface area contributed by atoms with Crippen molar-refractivity contribution in [2.24, 2.45) is 0 Å². The summed E-state index contributed by atoms with van der Waals surface area (Å²) in [5, 5.41) is 6.34. The van der Waals surface area contributed by atoms with Gasteiger partial charge >= 0.3 is 0 Å². The van der Waals surface area contributed by atoms with E-state index in [9.17, 15) is 9.59 Å². The van der Waals surface area contributed by atoms with Gasteiger partial charge in [0, 0.05) is 31.7 Å². The second-order valence-corrected chi connectivity index (χ2v) is 8.00. The Morgan fingerprint density at radius 1 is 1.06 bits per heavy atom. The topological polar surface area (TPSA) is 86.8 Å². The van der Waals surface area contributed by atoms with Gasteiger partial charge in [-0.1, -0.05) is 24.3 Å². The van der Waals surface area contributed by atoms with Crippen molar-refractivity contribution in [2.75, 3.05) is 48.4 Å². The van der Waals surface area contributed by atoms with Crippen LogP contribution in [0.15, 0.2) is 60.7 Å². The number of pyridine rings is 1. The molecule has 3 aromatic rings. The number of carbonyl (C=O) groups is 2. The van der Waals surface area contributed by atoms with E-state index in [-0.39, 0.29) is 17.5 Å². The van der Waals surface area contributed by atoms with Gasteiger partial charge in [-0.2, -0.15) is 0 Å². The Balaban J connectivity index is 1.36. The van der Waals surface area contributed by atoms with Crippen molar-refractivity contribution in [3.8, 4) is 5.75 Å². The van der Waals surface area contributed by atoms with Gasteiger partial charge in [0.15, 0.2) is 0 Å². The molecule has 0 bridgehead atoms. The van der Waals surface area contributed by atoms with Gasteiger partial charge in [-0.25, -0.2) is 4.98 Å². The number of carbonyl (C=O) groups excluding carboxylic acids is 2. The molecule has 0 unspecified atom stereocenters. The van der Waals surface area contributed by atoms with Crippen LogP contribution in [-0.2, 0) is 6.54 Å². The Morgan fingerprint density at radius 2 is 1.88 bits per heavy atom. The van der Waals surface area contributed by atoms with Gasteiger partial charge in [0.1, 0.15) is 17.3 Å². The van der Waals surface area contributed by atoms with Gasteiger partial charge in [0.25, 0.3) is 11.8 Å². The number of aromatic nitrogens is 1. The average Bonchev–Trinajstić information content (AvgIpc) is 3.20. The third-order valence-electron chi connectivity index (χ3n) is 5.97. The molecule has 0 radical (unpaired) electrons. The molecule has 2 N–H and O–H groups in total. The number of methoxy groups -OCH3 is 1. The van der Waals surface area contributed by atoms with E-state index in [2.05, 4.69) is 20.5 Å². The fourth-order valence-corrected chi connectivity index (χ4v) is 4.24. The van der Waals surface area contributed by atoms with Crippen molar-refractivity contribution in [1.82, 2.24) is 10.3 Å². The highest BCUT2D eigenvalue weighted by molar-refractivity contribution is 6.10. The Bertz CT molecular complexity index is 1210. The van der Waals surface area contributed by atoms with Crippen molar-refractivity contribution in [3.63, 3.8) is 0 Å². The number of nitrogens with one attached hydrogen (secondary N) is 2. The summed E-state index contributed by atoms with van der Waals surface area (Å²) in [5.41, 5.74) is 3.48. The molecule has 0 aliphatic carbocycles. The molecule has 33 heavy (non-hydrogen) atoms. The Kier molecular flexibility index (Phi) is 5.66. The lowest BCUT2D eigenvalue weighted by atomic mass is 10.1. The average molecular weight is 444 g/mol. The molecule has 1 saturated heterocycles. The number of piperazine rings is 1. The Hall–Kier alpha value is -3.91. The second-order valence-electron chi connectivity index (χ2n) is 8.00. The lowest BCUT2D eigenvalue weighted by molar-refractivity contribution is 0.0990. The number of hydrogen-bond donors (Lipinski definition) is 2. The molecule has 0 atom stereocenters. The molecule has 1 fully saturated rings. The summed E-state index contributed by atoms with van der Waals surface area (Å²) in [6.07, 6.45) is 0. The maximum atomic E-state index is 13.1. The minimum absolute atomic E-state index is 0.155. The van der Waals surface area contributed by atoms with Crippen LogP contribution >= 0.6 is 0 Å². The molecule has 2 amide bonds. The van der Waals surface area contributed by atoms with Crippen molar-refractivity contribution < 1.29 is 14.3 Å². The monoisotopic (exact) mass is 443 g/mol. The van der Waals surface area contributed by atoms with Crippen LogP contribution in [0.4, 0.5) is 17.2 Å². The van der Waals surface area contributed by atoms with Crippen LogP contribution in [0.2, 0.25) is 0 Å². The summed E-state index contributed by atoms with van der Waals surface area (Å²) < 4.78 is 5.24.